The molecule has 0 unspecified atom stereocenters. The average Bonchev–Trinajstić information content (AvgIpc) is 3.34. The molecule has 0 spiro atoms. The van der Waals surface area contributed by atoms with Crippen LogP contribution in [0, 0.1) is 13.8 Å². The number of nitrogens with zero attached hydrogens (tertiary/aromatic N) is 4. The second-order valence-electron chi connectivity index (χ2n) is 10.3. The Kier molecular flexibility index (Phi) is 8.96. The summed E-state index contributed by atoms with van der Waals surface area (Å²) in [7, 11) is -2.24. The largest absolute Gasteiger partial charge is 0.345 e. The second-order valence-corrected chi connectivity index (χ2v) is 12.0. The highest BCUT2D eigenvalue weighted by Gasteiger charge is 2.24. The summed E-state index contributed by atoms with van der Waals surface area (Å²) >= 11 is 0. The molecular weight excluding hydrogens is 562 g/mol. The van der Waals surface area contributed by atoms with Gasteiger partial charge in [0.05, 0.1) is 10.6 Å². The molecule has 220 valence electrons. The van der Waals surface area contributed by atoms with Crippen LogP contribution in [-0.4, -0.2) is 47.9 Å². The third kappa shape index (κ3) is 6.98. The predicted molar refractivity (Wildman–Crippen MR) is 166 cm³/mol. The first-order valence-electron chi connectivity index (χ1n) is 14.0. The van der Waals surface area contributed by atoms with Gasteiger partial charge in [-0.3, -0.25) is 4.79 Å². The molecule has 0 saturated heterocycles. The molecule has 0 saturated carbocycles. The lowest BCUT2D eigenvalue weighted by Gasteiger charge is -2.20. The Morgan fingerprint density at radius 2 is 1.60 bits per heavy atom. The molecule has 0 aliphatic heterocycles. The van der Waals surface area contributed by atoms with E-state index < -0.39 is 10.0 Å². The maximum absolute atomic E-state index is 13.6. The zero-order valence-corrected chi connectivity index (χ0v) is 25.1. The highest BCUT2D eigenvalue weighted by Crippen LogP contribution is 2.34. The SMILES string of the molecule is Cc1noc(NS(=O)(=O)c2ccccc2-c2ccc(-c3ncccn3)cc2CCN(C)C(=O)CCc2ccccc2)c1C. The number of carbonyl (C=O) groups excluding carboxylic acids is 1. The zero-order valence-electron chi connectivity index (χ0n) is 24.3. The van der Waals surface area contributed by atoms with Crippen LogP contribution in [0.25, 0.3) is 22.5 Å². The first-order chi connectivity index (χ1) is 20.7. The van der Waals surface area contributed by atoms with Crippen LogP contribution in [0.5, 0.6) is 0 Å². The Morgan fingerprint density at radius 1 is 0.884 bits per heavy atom. The molecule has 0 radical (unpaired) electrons. The molecule has 1 N–H and O–H groups in total. The Bertz CT molecular complexity index is 1820. The molecule has 43 heavy (non-hydrogen) atoms. The third-order valence-corrected chi connectivity index (χ3v) is 8.78. The van der Waals surface area contributed by atoms with E-state index in [1.54, 1.807) is 68.5 Å². The topological polar surface area (TPSA) is 118 Å². The van der Waals surface area contributed by atoms with E-state index in [9.17, 15) is 13.2 Å². The monoisotopic (exact) mass is 595 g/mol. The fourth-order valence-electron chi connectivity index (χ4n) is 4.76. The number of sulfonamides is 1. The minimum Gasteiger partial charge on any atom is -0.345 e. The number of aromatic nitrogens is 3. The third-order valence-electron chi connectivity index (χ3n) is 7.39. The van der Waals surface area contributed by atoms with Gasteiger partial charge >= 0.3 is 0 Å². The van der Waals surface area contributed by atoms with E-state index in [-0.39, 0.29) is 16.7 Å². The lowest BCUT2D eigenvalue weighted by molar-refractivity contribution is -0.129. The van der Waals surface area contributed by atoms with Gasteiger partial charge in [-0.2, -0.15) is 0 Å². The summed E-state index contributed by atoms with van der Waals surface area (Å²) in [5.41, 5.74) is 5.26. The normalized spacial score (nSPS) is 11.3. The number of carbonyl (C=O) groups is 1. The van der Waals surface area contributed by atoms with Gasteiger partial charge in [0, 0.05) is 49.1 Å². The van der Waals surface area contributed by atoms with E-state index in [1.165, 1.54) is 0 Å². The maximum atomic E-state index is 13.6. The molecule has 5 rings (SSSR count). The number of hydrogen-bond acceptors (Lipinski definition) is 7. The minimum absolute atomic E-state index is 0.0397. The Hall–Kier alpha value is -4.83. The van der Waals surface area contributed by atoms with Crippen molar-refractivity contribution in [3.63, 3.8) is 0 Å². The van der Waals surface area contributed by atoms with E-state index in [2.05, 4.69) is 19.8 Å². The van der Waals surface area contributed by atoms with E-state index in [1.807, 2.05) is 48.5 Å². The van der Waals surface area contributed by atoms with Crippen LogP contribution in [0.1, 0.15) is 28.8 Å². The van der Waals surface area contributed by atoms with E-state index >= 15 is 0 Å². The molecule has 0 aliphatic rings. The summed E-state index contributed by atoms with van der Waals surface area (Å²) in [6.07, 6.45) is 4.91. The van der Waals surface area contributed by atoms with Gasteiger partial charge in [-0.25, -0.2) is 23.1 Å². The van der Waals surface area contributed by atoms with Crippen LogP contribution in [0.4, 0.5) is 5.88 Å². The van der Waals surface area contributed by atoms with Gasteiger partial charge in [-0.15, -0.1) is 0 Å². The van der Waals surface area contributed by atoms with Gasteiger partial charge in [0.1, 0.15) is 0 Å². The molecule has 2 heterocycles. The Morgan fingerprint density at radius 3 is 2.33 bits per heavy atom. The quantitative estimate of drug-likeness (QED) is 0.204. The summed E-state index contributed by atoms with van der Waals surface area (Å²) in [5, 5.41) is 3.87. The number of rotatable bonds is 11. The molecule has 0 atom stereocenters. The smallest absolute Gasteiger partial charge is 0.264 e. The molecule has 0 fully saturated rings. The molecule has 0 aliphatic carbocycles. The van der Waals surface area contributed by atoms with Crippen molar-refractivity contribution >= 4 is 21.8 Å². The summed E-state index contributed by atoms with van der Waals surface area (Å²) in [5.74, 6) is 0.680. The van der Waals surface area contributed by atoms with E-state index in [0.29, 0.717) is 48.5 Å². The molecule has 3 aromatic carbocycles. The van der Waals surface area contributed by atoms with Gasteiger partial charge < -0.3 is 9.42 Å². The van der Waals surface area contributed by atoms with Gasteiger partial charge in [-0.1, -0.05) is 65.8 Å². The first kappa shape index (κ1) is 29.7. The van der Waals surface area contributed by atoms with Crippen LogP contribution < -0.4 is 4.72 Å². The molecule has 0 bridgehead atoms. The molecule has 9 nitrogen and oxygen atoms in total. The number of hydrogen-bond donors (Lipinski definition) is 1. The highest BCUT2D eigenvalue weighted by molar-refractivity contribution is 7.92. The highest BCUT2D eigenvalue weighted by atomic mass is 32.2. The van der Waals surface area contributed by atoms with Crippen LogP contribution in [-0.2, 0) is 27.7 Å². The zero-order chi connectivity index (χ0) is 30.4. The summed E-state index contributed by atoms with van der Waals surface area (Å²) < 4.78 is 35.0. The van der Waals surface area contributed by atoms with Crippen molar-refractivity contribution in [1.82, 2.24) is 20.0 Å². The van der Waals surface area contributed by atoms with Gasteiger partial charge in [0.15, 0.2) is 5.82 Å². The number of aryl methyl sites for hydroxylation is 2. The van der Waals surface area contributed by atoms with Gasteiger partial charge in [0.25, 0.3) is 10.0 Å². The van der Waals surface area contributed by atoms with Crippen molar-refractivity contribution in [2.45, 2.75) is 38.0 Å². The molecule has 5 aromatic rings. The average molecular weight is 596 g/mol. The number of anilines is 1. The van der Waals surface area contributed by atoms with Crippen LogP contribution >= 0.6 is 0 Å². The van der Waals surface area contributed by atoms with Gasteiger partial charge in [-0.05, 0) is 61.6 Å². The van der Waals surface area contributed by atoms with Crippen LogP contribution in [0.2, 0.25) is 0 Å². The Balaban J connectivity index is 1.45. The molecular formula is C33H33N5O4S. The summed E-state index contributed by atoms with van der Waals surface area (Å²) in [6, 6.07) is 24.2. The summed E-state index contributed by atoms with van der Waals surface area (Å²) in [6.45, 7) is 3.94. The van der Waals surface area contributed by atoms with E-state index in [4.69, 9.17) is 4.52 Å². The number of benzene rings is 3. The first-order valence-corrected chi connectivity index (χ1v) is 15.4. The van der Waals surface area contributed by atoms with Crippen LogP contribution in [0.3, 0.4) is 0 Å². The minimum atomic E-state index is -4.03. The van der Waals surface area contributed by atoms with Crippen molar-refractivity contribution in [1.29, 1.82) is 0 Å². The maximum Gasteiger partial charge on any atom is 0.264 e. The number of nitrogens with one attached hydrogen (secondary N) is 1. The fourth-order valence-corrected chi connectivity index (χ4v) is 6.03. The van der Waals surface area contributed by atoms with Crippen molar-refractivity contribution in [2.24, 2.45) is 0 Å². The lowest BCUT2D eigenvalue weighted by atomic mass is 9.95. The fraction of sp³-hybridized carbons (Fsp3) is 0.212. The number of amides is 1. The second kappa shape index (κ2) is 13.0. The summed E-state index contributed by atoms with van der Waals surface area (Å²) in [4.78, 5) is 23.6. The van der Waals surface area contributed by atoms with Gasteiger partial charge in [0.2, 0.25) is 11.8 Å². The van der Waals surface area contributed by atoms with Crippen molar-refractivity contribution < 1.29 is 17.7 Å². The lowest BCUT2D eigenvalue weighted by Crippen LogP contribution is -2.29. The van der Waals surface area contributed by atoms with Crippen LogP contribution in [0.15, 0.2) is 101 Å². The van der Waals surface area contributed by atoms with Crippen molar-refractivity contribution in [3.05, 3.63) is 114 Å². The molecule has 10 heteroatoms. The van der Waals surface area contributed by atoms with E-state index in [0.717, 1.165) is 22.3 Å². The molecule has 1 amide bonds. The standard InChI is InChI=1S/C33H33N5O4S/c1-23-24(2)36-42-33(23)37-43(40,41)30-13-8-7-12-29(30)28-16-15-27(32-34-19-9-20-35-32)22-26(28)18-21-38(3)31(39)17-14-25-10-5-4-6-11-25/h4-13,15-16,19-20,22,37H,14,17-18,21H2,1-3H3. The predicted octanol–water partition coefficient (Wildman–Crippen LogP) is 5.85. The van der Waals surface area contributed by atoms with Crippen molar-refractivity contribution in [2.75, 3.05) is 18.3 Å². The number of likely N-dealkylation sites (N-methyl/N-ethyl adjacent to an activating group) is 1. The Labute approximate surface area is 251 Å². The molecule has 2 aromatic heterocycles. The van der Waals surface area contributed by atoms with Crippen molar-refractivity contribution in [3.8, 4) is 22.5 Å².